The average Bonchev–Trinajstić information content (AvgIpc) is 2.89. The van der Waals surface area contributed by atoms with E-state index in [1.54, 1.807) is 13.2 Å². The van der Waals surface area contributed by atoms with Crippen LogP contribution in [0.3, 0.4) is 0 Å². The molecule has 21 heavy (non-hydrogen) atoms. The van der Waals surface area contributed by atoms with E-state index in [4.69, 9.17) is 32.7 Å². The van der Waals surface area contributed by atoms with Crippen molar-refractivity contribution in [2.75, 3.05) is 20.3 Å². The van der Waals surface area contributed by atoms with Crippen molar-refractivity contribution in [3.8, 4) is 5.75 Å². The zero-order chi connectivity index (χ0) is 15.4. The quantitative estimate of drug-likeness (QED) is 0.834. The van der Waals surface area contributed by atoms with Crippen LogP contribution in [0.15, 0.2) is 12.1 Å². The fourth-order valence-corrected chi connectivity index (χ4v) is 3.37. The highest BCUT2D eigenvalue weighted by Crippen LogP contribution is 2.39. The summed E-state index contributed by atoms with van der Waals surface area (Å²) in [5.74, 6) is 1.02. The lowest BCUT2D eigenvalue weighted by atomic mass is 9.90. The number of benzene rings is 1. The number of hydrogen-bond donors (Lipinski definition) is 1. The smallest absolute Gasteiger partial charge is 0.138 e. The molecule has 118 valence electrons. The normalized spacial score (nSPS) is 23.3. The lowest BCUT2D eigenvalue weighted by Crippen LogP contribution is -2.29. The van der Waals surface area contributed by atoms with Gasteiger partial charge in [0.1, 0.15) is 5.75 Å². The summed E-state index contributed by atoms with van der Waals surface area (Å²) in [5.41, 5.74) is 1.03. The van der Waals surface area contributed by atoms with Gasteiger partial charge in [-0.15, -0.1) is 0 Å². The van der Waals surface area contributed by atoms with E-state index in [1.165, 1.54) is 0 Å². The van der Waals surface area contributed by atoms with Crippen LogP contribution < -0.4 is 10.1 Å². The van der Waals surface area contributed by atoms with Gasteiger partial charge in [0.05, 0.1) is 24.8 Å². The molecule has 1 fully saturated rings. The average molecular weight is 332 g/mol. The third-order valence-corrected chi connectivity index (χ3v) is 4.54. The Bertz CT molecular complexity index is 482. The maximum atomic E-state index is 6.45. The minimum absolute atomic E-state index is 0.158. The largest absolute Gasteiger partial charge is 0.495 e. The summed E-state index contributed by atoms with van der Waals surface area (Å²) in [7, 11) is 1.59. The van der Waals surface area contributed by atoms with Gasteiger partial charge in [0.25, 0.3) is 0 Å². The Morgan fingerprint density at radius 2 is 2.14 bits per heavy atom. The van der Waals surface area contributed by atoms with Crippen LogP contribution in [-0.2, 0) is 4.74 Å². The van der Waals surface area contributed by atoms with Gasteiger partial charge in [0.15, 0.2) is 0 Å². The first kappa shape index (κ1) is 16.9. The summed E-state index contributed by atoms with van der Waals surface area (Å²) >= 11 is 12.7. The van der Waals surface area contributed by atoms with E-state index < -0.39 is 0 Å². The number of ether oxygens (including phenoxy) is 2. The lowest BCUT2D eigenvalue weighted by Gasteiger charge is -2.26. The first-order valence-electron chi connectivity index (χ1n) is 7.44. The number of nitrogens with one attached hydrogen (secondary N) is 1. The molecule has 0 aliphatic carbocycles. The van der Waals surface area contributed by atoms with Crippen LogP contribution in [0.1, 0.15) is 38.3 Å². The first-order valence-corrected chi connectivity index (χ1v) is 8.20. The van der Waals surface area contributed by atoms with E-state index in [0.29, 0.717) is 27.8 Å². The maximum absolute atomic E-state index is 6.45. The molecule has 1 aromatic rings. The van der Waals surface area contributed by atoms with E-state index in [9.17, 15) is 0 Å². The zero-order valence-corrected chi connectivity index (χ0v) is 14.3. The molecule has 1 aromatic carbocycles. The van der Waals surface area contributed by atoms with E-state index in [2.05, 4.69) is 19.2 Å². The third kappa shape index (κ3) is 4.04. The predicted molar refractivity (Wildman–Crippen MR) is 87.6 cm³/mol. The van der Waals surface area contributed by atoms with Gasteiger partial charge >= 0.3 is 0 Å². The second-order valence-electron chi connectivity index (χ2n) is 5.58. The van der Waals surface area contributed by atoms with Crippen LogP contribution in [0.25, 0.3) is 0 Å². The highest BCUT2D eigenvalue weighted by molar-refractivity contribution is 6.34. The molecule has 1 aliphatic heterocycles. The van der Waals surface area contributed by atoms with E-state index in [1.807, 2.05) is 6.07 Å². The monoisotopic (exact) mass is 331 g/mol. The van der Waals surface area contributed by atoms with E-state index in [-0.39, 0.29) is 6.04 Å². The second kappa shape index (κ2) is 7.68. The van der Waals surface area contributed by atoms with Crippen LogP contribution in [0, 0.1) is 5.92 Å². The fraction of sp³-hybridized carbons (Fsp3) is 0.625. The van der Waals surface area contributed by atoms with Crippen LogP contribution in [0.2, 0.25) is 10.0 Å². The van der Waals surface area contributed by atoms with Gasteiger partial charge in [-0.3, -0.25) is 0 Å². The molecule has 1 N–H and O–H groups in total. The Kier molecular flexibility index (Phi) is 6.18. The Labute approximate surface area is 136 Å². The summed E-state index contributed by atoms with van der Waals surface area (Å²) in [4.78, 5) is 0. The number of halogens is 2. The van der Waals surface area contributed by atoms with Crippen molar-refractivity contribution in [2.45, 2.75) is 38.8 Å². The van der Waals surface area contributed by atoms with Crippen molar-refractivity contribution in [3.63, 3.8) is 0 Å². The van der Waals surface area contributed by atoms with Crippen molar-refractivity contribution >= 4 is 23.2 Å². The molecule has 0 radical (unpaired) electrons. The first-order chi connectivity index (χ1) is 10.1. The SMILES string of the molecule is CCCNC(c1cc(Cl)c(OC)cc1Cl)C1COC(C)C1. The van der Waals surface area contributed by atoms with Crippen molar-refractivity contribution in [2.24, 2.45) is 5.92 Å². The van der Waals surface area contributed by atoms with Crippen LogP contribution in [-0.4, -0.2) is 26.4 Å². The summed E-state index contributed by atoms with van der Waals surface area (Å²) in [6, 6.07) is 3.86. The van der Waals surface area contributed by atoms with Crippen molar-refractivity contribution in [1.29, 1.82) is 0 Å². The highest BCUT2D eigenvalue weighted by atomic mass is 35.5. The molecule has 1 heterocycles. The van der Waals surface area contributed by atoms with Gasteiger partial charge < -0.3 is 14.8 Å². The minimum Gasteiger partial charge on any atom is -0.495 e. The van der Waals surface area contributed by atoms with Crippen LogP contribution >= 0.6 is 23.2 Å². The zero-order valence-electron chi connectivity index (χ0n) is 12.8. The molecule has 0 bridgehead atoms. The van der Waals surface area contributed by atoms with Gasteiger partial charge in [-0.2, -0.15) is 0 Å². The van der Waals surface area contributed by atoms with E-state index >= 15 is 0 Å². The molecule has 1 saturated heterocycles. The molecule has 0 aromatic heterocycles. The molecule has 0 amide bonds. The number of methoxy groups -OCH3 is 1. The van der Waals surface area contributed by atoms with Crippen molar-refractivity contribution in [3.05, 3.63) is 27.7 Å². The highest BCUT2D eigenvalue weighted by Gasteiger charge is 2.31. The summed E-state index contributed by atoms with van der Waals surface area (Å²) < 4.78 is 10.9. The van der Waals surface area contributed by atoms with Gasteiger partial charge in [0.2, 0.25) is 0 Å². The number of rotatable bonds is 6. The lowest BCUT2D eigenvalue weighted by molar-refractivity contribution is 0.117. The predicted octanol–water partition coefficient (Wildman–Crippen LogP) is 4.47. The molecule has 0 saturated carbocycles. The second-order valence-corrected chi connectivity index (χ2v) is 6.39. The van der Waals surface area contributed by atoms with Gasteiger partial charge in [0, 0.05) is 23.0 Å². The Hall–Kier alpha value is -0.480. The molecule has 2 rings (SSSR count). The molecular weight excluding hydrogens is 309 g/mol. The molecule has 3 nitrogen and oxygen atoms in total. The molecule has 0 spiro atoms. The summed E-state index contributed by atoms with van der Waals surface area (Å²) in [6.45, 7) is 5.96. The molecule has 3 unspecified atom stereocenters. The number of hydrogen-bond acceptors (Lipinski definition) is 3. The Balaban J connectivity index is 2.29. The Morgan fingerprint density at radius 1 is 1.38 bits per heavy atom. The third-order valence-electron chi connectivity index (χ3n) is 3.92. The van der Waals surface area contributed by atoms with Gasteiger partial charge in [-0.25, -0.2) is 0 Å². The van der Waals surface area contributed by atoms with E-state index in [0.717, 1.165) is 31.6 Å². The van der Waals surface area contributed by atoms with Crippen LogP contribution in [0.5, 0.6) is 5.75 Å². The molecule has 1 aliphatic rings. The topological polar surface area (TPSA) is 30.5 Å². The van der Waals surface area contributed by atoms with Gasteiger partial charge in [-0.05, 0) is 37.9 Å². The summed E-state index contributed by atoms with van der Waals surface area (Å²) in [6.07, 6.45) is 2.40. The van der Waals surface area contributed by atoms with Crippen molar-refractivity contribution in [1.82, 2.24) is 5.32 Å². The molecule has 3 atom stereocenters. The molecule has 5 heteroatoms. The fourth-order valence-electron chi connectivity index (χ4n) is 2.85. The van der Waals surface area contributed by atoms with Crippen LogP contribution in [0.4, 0.5) is 0 Å². The molecular formula is C16H23Cl2NO2. The van der Waals surface area contributed by atoms with Gasteiger partial charge in [-0.1, -0.05) is 30.1 Å². The standard InChI is InChI=1S/C16H23Cl2NO2/c1-4-5-19-16(11-6-10(2)21-9-11)12-7-14(18)15(20-3)8-13(12)17/h7-8,10-11,16,19H,4-6,9H2,1-3H3. The Morgan fingerprint density at radius 3 is 2.71 bits per heavy atom. The summed E-state index contributed by atoms with van der Waals surface area (Å²) in [5, 5.41) is 4.86. The van der Waals surface area contributed by atoms with Crippen molar-refractivity contribution < 1.29 is 9.47 Å². The maximum Gasteiger partial charge on any atom is 0.138 e. The minimum atomic E-state index is 0.158.